The van der Waals surface area contributed by atoms with Gasteiger partial charge in [0, 0.05) is 22.2 Å². The Balaban J connectivity index is 1.32. The molecular formula is C80H72B2N8O4. The summed E-state index contributed by atoms with van der Waals surface area (Å²) in [5.74, 6) is -0.410. The topological polar surface area (TPSA) is 162 Å². The number of ether oxygens (including phenoxy) is 2. The predicted octanol–water partition coefficient (Wildman–Crippen LogP) is 13.2. The molecule has 0 aliphatic carbocycles. The lowest BCUT2D eigenvalue weighted by Gasteiger charge is -2.24. The maximum absolute atomic E-state index is 14.3. The van der Waals surface area contributed by atoms with Gasteiger partial charge in [-0.1, -0.05) is 258 Å². The zero-order valence-corrected chi connectivity index (χ0v) is 53.5. The molecule has 0 amide bonds. The van der Waals surface area contributed by atoms with Crippen molar-refractivity contribution < 1.29 is 19.1 Å². The van der Waals surface area contributed by atoms with Gasteiger partial charge in [-0.25, -0.2) is 19.6 Å². The second kappa shape index (κ2) is 29.6. The van der Waals surface area contributed by atoms with Crippen molar-refractivity contribution in [1.82, 2.24) is 28.9 Å². The van der Waals surface area contributed by atoms with Crippen LogP contribution >= 0.6 is 0 Å². The summed E-state index contributed by atoms with van der Waals surface area (Å²) in [7, 11) is 0. The number of benzene rings is 8. The number of nitriles is 2. The lowest BCUT2D eigenvalue weighted by molar-refractivity contribution is 0.0419. The highest BCUT2D eigenvalue weighted by atomic mass is 16.5. The van der Waals surface area contributed by atoms with Crippen molar-refractivity contribution >= 4 is 91.5 Å². The van der Waals surface area contributed by atoms with Gasteiger partial charge in [0.15, 0.2) is 0 Å². The fraction of sp³-hybridized carbons (Fsp3) is 0.200. The van der Waals surface area contributed by atoms with Crippen LogP contribution in [0.2, 0.25) is 0 Å². The fourth-order valence-corrected chi connectivity index (χ4v) is 13.0. The summed E-state index contributed by atoms with van der Waals surface area (Å²) in [6, 6.07) is 76.4. The number of rotatable bonds is 24. The predicted molar refractivity (Wildman–Crippen MR) is 379 cm³/mol. The van der Waals surface area contributed by atoms with Crippen LogP contribution in [-0.2, 0) is 9.47 Å². The molecule has 4 aromatic heterocycles. The number of hydrogen-bond acceptors (Lipinski definition) is 10. The summed E-state index contributed by atoms with van der Waals surface area (Å²) in [6.45, 7) is 7.84. The number of esters is 2. The zero-order valence-electron chi connectivity index (χ0n) is 53.5. The van der Waals surface area contributed by atoms with Crippen molar-refractivity contribution in [3.8, 4) is 34.7 Å². The summed E-state index contributed by atoms with van der Waals surface area (Å²) in [5.41, 5.74) is 10.3. The van der Waals surface area contributed by atoms with E-state index in [9.17, 15) is 20.1 Å². The minimum absolute atomic E-state index is 0.193. The molecule has 0 aliphatic rings. The van der Waals surface area contributed by atoms with E-state index in [2.05, 4.69) is 97.3 Å². The third kappa shape index (κ3) is 13.1. The summed E-state index contributed by atoms with van der Waals surface area (Å²) in [5, 5.41) is 27.1. The highest BCUT2D eigenvalue weighted by molar-refractivity contribution is 6.85. The Labute approximate surface area is 549 Å². The molecule has 0 aliphatic heterocycles. The smallest absolute Gasteiger partial charge is 0.338 e. The van der Waals surface area contributed by atoms with Crippen molar-refractivity contribution in [2.45, 2.75) is 79.1 Å². The van der Waals surface area contributed by atoms with Gasteiger partial charge >= 0.3 is 25.6 Å². The number of aromatic nitrogens is 6. The number of fused-ring (bicyclic) bond motifs is 3. The van der Waals surface area contributed by atoms with E-state index >= 15 is 0 Å². The third-order valence-electron chi connectivity index (χ3n) is 18.0. The molecule has 0 saturated carbocycles. The van der Waals surface area contributed by atoms with E-state index in [1.54, 1.807) is 36.7 Å². The fourth-order valence-electron chi connectivity index (χ4n) is 13.0. The van der Waals surface area contributed by atoms with Gasteiger partial charge in [0.25, 0.3) is 0 Å². The summed E-state index contributed by atoms with van der Waals surface area (Å²) in [4.78, 5) is 49.2. The quantitative estimate of drug-likeness (QED) is 0.0420. The van der Waals surface area contributed by atoms with Crippen LogP contribution in [0.5, 0.6) is 0 Å². The Hall–Kier alpha value is -11.0. The monoisotopic (exact) mass is 1230 g/mol. The lowest BCUT2D eigenvalue weighted by Crippen LogP contribution is -2.54. The molecule has 0 bridgehead atoms. The Bertz CT molecular complexity index is 4490. The Kier molecular flexibility index (Phi) is 19.9. The minimum Gasteiger partial charge on any atom is -0.462 e. The molecule has 2 unspecified atom stereocenters. The molecular weight excluding hydrogens is 1160 g/mol. The normalized spacial score (nSPS) is 12.6. The first kappa shape index (κ1) is 63.2. The number of para-hydroxylation sites is 4. The minimum atomic E-state index is -0.684. The van der Waals surface area contributed by atoms with Crippen LogP contribution in [0.25, 0.3) is 66.5 Å². The largest absolute Gasteiger partial charge is 0.462 e. The van der Waals surface area contributed by atoms with Crippen LogP contribution < -0.4 is 32.5 Å². The van der Waals surface area contributed by atoms with Gasteiger partial charge in [0.05, 0.1) is 69.5 Å². The molecule has 12 aromatic rings. The van der Waals surface area contributed by atoms with Gasteiger partial charge in [-0.15, -0.1) is 0 Å². The summed E-state index contributed by atoms with van der Waals surface area (Å²) >= 11 is 0. The standard InChI is InChI=1S/C80H72B2N8O4/c1-5-9-27-55(7-3)53-93-79(91)59-45-41-57(42-46-59)75-73-74(78(66(50-84)72-52-86-68-38-24-26-40-70(68)88-72)89(75)81(61-29-15-11-16-30-61)62-31-17-12-18-32-62)76(58-43-47-60(48-44-58)80(92)94-54-56(8-4)28-10-6-2)90(82(63-33-19-13-20-34-63)64-35-21-14-22-36-64)77(73)65(49-83)71-51-85-67-37-23-25-39-69(67)87-71/h11-26,29-48,51-52,55-56H,5-10,27-28,53-54H2,1-4H3/b77-65-,78-66-. The molecule has 462 valence electrons. The van der Waals surface area contributed by atoms with Crippen LogP contribution in [0.3, 0.4) is 0 Å². The van der Waals surface area contributed by atoms with E-state index in [0.29, 0.717) is 102 Å². The molecule has 0 saturated heterocycles. The second-order valence-electron chi connectivity index (χ2n) is 24.0. The molecule has 0 fully saturated rings. The molecule has 0 radical (unpaired) electrons. The first-order valence-corrected chi connectivity index (χ1v) is 32.8. The number of unbranched alkanes of at least 4 members (excludes halogenated alkanes) is 2. The van der Waals surface area contributed by atoms with Crippen LogP contribution in [0, 0.1) is 34.5 Å². The molecule has 12 nitrogen and oxygen atoms in total. The van der Waals surface area contributed by atoms with Crippen molar-refractivity contribution in [2.24, 2.45) is 11.8 Å². The molecule has 2 atom stereocenters. The second-order valence-corrected chi connectivity index (χ2v) is 24.0. The molecule has 14 heteroatoms. The van der Waals surface area contributed by atoms with Crippen molar-refractivity contribution in [2.75, 3.05) is 13.2 Å². The van der Waals surface area contributed by atoms with E-state index in [0.717, 1.165) is 73.2 Å². The van der Waals surface area contributed by atoms with Crippen molar-refractivity contribution in [3.05, 3.63) is 264 Å². The maximum atomic E-state index is 14.3. The number of carbonyl (C=O) groups is 2. The number of hydrogen-bond donors (Lipinski definition) is 0. The van der Waals surface area contributed by atoms with E-state index < -0.39 is 25.6 Å². The van der Waals surface area contributed by atoms with Crippen molar-refractivity contribution in [3.63, 3.8) is 0 Å². The van der Waals surface area contributed by atoms with Crippen molar-refractivity contribution in [1.29, 1.82) is 10.5 Å². The molecule has 0 spiro atoms. The van der Waals surface area contributed by atoms with Crippen LogP contribution in [0.4, 0.5) is 0 Å². The highest BCUT2D eigenvalue weighted by Crippen LogP contribution is 2.37. The first-order chi connectivity index (χ1) is 46.2. The summed E-state index contributed by atoms with van der Waals surface area (Å²) < 4.78 is 16.7. The van der Waals surface area contributed by atoms with Gasteiger partial charge in [0.2, 0.25) is 0 Å². The summed E-state index contributed by atoms with van der Waals surface area (Å²) in [6.07, 6.45) is 11.2. The Morgan fingerprint density at radius 3 is 1.06 bits per heavy atom. The third-order valence-corrected chi connectivity index (χ3v) is 18.0. The van der Waals surface area contributed by atoms with E-state index in [1.165, 1.54) is 0 Å². The van der Waals surface area contributed by atoms with Gasteiger partial charge in [0.1, 0.15) is 34.7 Å². The first-order valence-electron chi connectivity index (χ1n) is 32.8. The molecule has 4 heterocycles. The van der Waals surface area contributed by atoms with E-state index in [4.69, 9.17) is 29.4 Å². The van der Waals surface area contributed by atoms with Crippen LogP contribution in [0.1, 0.15) is 111 Å². The van der Waals surface area contributed by atoms with Crippen LogP contribution in [0.15, 0.2) is 231 Å². The van der Waals surface area contributed by atoms with Gasteiger partial charge in [-0.3, -0.25) is 9.97 Å². The average Bonchev–Trinajstić information content (AvgIpc) is 1.52. The Morgan fingerprint density at radius 1 is 0.436 bits per heavy atom. The lowest BCUT2D eigenvalue weighted by atomic mass is 9.50. The zero-order chi connectivity index (χ0) is 64.9. The van der Waals surface area contributed by atoms with E-state index in [1.807, 2.05) is 146 Å². The maximum Gasteiger partial charge on any atom is 0.338 e. The number of nitrogens with zero attached hydrogens (tertiary/aromatic N) is 8. The van der Waals surface area contributed by atoms with Crippen LogP contribution in [-0.4, -0.2) is 67.7 Å². The SMILES string of the molecule is CCCCC(CC)COC(=O)c1ccc(-c2c3/c(=C(\C#N)c4cnc5ccccc5n4)n(B(c4ccccc4)c4ccccc4)c(-c4ccc(C(=O)OCC(CC)CCCC)cc4)c3/c(=C(\C#N)c3cnc4ccccc4n3)n2B(c2ccccc2)c2ccccc2)cc1. The molecule has 94 heavy (non-hydrogen) atoms. The molecule has 0 N–H and O–H groups in total. The van der Waals surface area contributed by atoms with Gasteiger partial charge in [-0.05, 0) is 84.3 Å². The Morgan fingerprint density at radius 2 is 0.755 bits per heavy atom. The average molecular weight is 1230 g/mol. The van der Waals surface area contributed by atoms with E-state index in [-0.39, 0.29) is 23.0 Å². The van der Waals surface area contributed by atoms with Gasteiger partial charge < -0.3 is 18.4 Å². The molecule has 12 rings (SSSR count). The van der Waals surface area contributed by atoms with Gasteiger partial charge in [-0.2, -0.15) is 10.5 Å². The number of carbonyl (C=O) groups excluding carboxylic acids is 2. The molecule has 8 aromatic carbocycles. The highest BCUT2D eigenvalue weighted by Gasteiger charge is 2.38.